The lowest BCUT2D eigenvalue weighted by atomic mass is 10.1. The molecule has 5 N–H and O–H groups in total. The van der Waals surface area contributed by atoms with E-state index in [1.807, 2.05) is 12.1 Å². The van der Waals surface area contributed by atoms with Crippen molar-refractivity contribution >= 4 is 22.7 Å². The second-order valence-electron chi connectivity index (χ2n) is 6.99. The molecule has 0 amide bonds. The number of aromatic nitrogens is 3. The summed E-state index contributed by atoms with van der Waals surface area (Å²) in [6.45, 7) is 0.391. The van der Waals surface area contributed by atoms with Gasteiger partial charge in [0.05, 0.1) is 0 Å². The van der Waals surface area contributed by atoms with Crippen molar-refractivity contribution in [2.75, 3.05) is 10.6 Å². The number of nitrogens with zero attached hydrogens (tertiary/aromatic N) is 2. The molecule has 0 radical (unpaired) electrons. The second kappa shape index (κ2) is 6.75. The number of nitrogens with one attached hydrogen (secondary N) is 5. The molecule has 1 unspecified atom stereocenters. The van der Waals surface area contributed by atoms with Crippen LogP contribution in [-0.2, 0) is 6.54 Å². The molecular formula is C19H19F2N7. The molecule has 1 aliphatic heterocycles. The number of fused-ring (bicyclic) bond motifs is 1. The first-order valence-electron chi connectivity index (χ1n) is 9.12. The largest absolute Gasteiger partial charge is 0.361 e. The number of benzene rings is 1. The number of halogens is 2. The van der Waals surface area contributed by atoms with Gasteiger partial charge in [0.2, 0.25) is 5.95 Å². The molecule has 5 rings (SSSR count). The van der Waals surface area contributed by atoms with Gasteiger partial charge >= 0.3 is 0 Å². The lowest BCUT2D eigenvalue weighted by Gasteiger charge is -2.13. The number of aromatic amines is 1. The molecule has 1 saturated carbocycles. The lowest BCUT2D eigenvalue weighted by molar-refractivity contribution is 0.451. The SMILES string of the molecule is Fc1cc(CNc2nccc(NC3C=C([C@H]4C[C@@H]4F)NN3)n2)c2cc[nH]c2c1. The number of hydrogen-bond donors (Lipinski definition) is 5. The molecule has 7 nitrogen and oxygen atoms in total. The number of anilines is 2. The Morgan fingerprint density at radius 2 is 2.14 bits per heavy atom. The fourth-order valence-electron chi connectivity index (χ4n) is 3.41. The van der Waals surface area contributed by atoms with E-state index >= 15 is 0 Å². The summed E-state index contributed by atoms with van der Waals surface area (Å²) in [4.78, 5) is 11.7. The predicted octanol–water partition coefficient (Wildman–Crippen LogP) is 2.80. The van der Waals surface area contributed by atoms with Crippen LogP contribution in [-0.4, -0.2) is 27.3 Å². The van der Waals surface area contributed by atoms with E-state index in [-0.39, 0.29) is 17.9 Å². The maximum absolute atomic E-state index is 13.8. The van der Waals surface area contributed by atoms with E-state index in [0.717, 1.165) is 22.2 Å². The van der Waals surface area contributed by atoms with Crippen LogP contribution in [0, 0.1) is 11.7 Å². The molecule has 3 heterocycles. The molecule has 0 saturated heterocycles. The van der Waals surface area contributed by atoms with E-state index < -0.39 is 6.17 Å². The third-order valence-corrected chi connectivity index (χ3v) is 4.95. The number of allylic oxidation sites excluding steroid dienone is 1. The third kappa shape index (κ3) is 3.36. The Balaban J connectivity index is 1.26. The minimum atomic E-state index is -0.747. The molecule has 2 aliphatic rings. The van der Waals surface area contributed by atoms with Crippen LogP contribution in [0.1, 0.15) is 12.0 Å². The predicted molar refractivity (Wildman–Crippen MR) is 102 cm³/mol. The van der Waals surface area contributed by atoms with Crippen molar-refractivity contribution in [1.82, 2.24) is 25.8 Å². The van der Waals surface area contributed by atoms with Gasteiger partial charge in [0.25, 0.3) is 0 Å². The van der Waals surface area contributed by atoms with Crippen molar-refractivity contribution in [2.24, 2.45) is 5.92 Å². The van der Waals surface area contributed by atoms with Gasteiger partial charge in [0, 0.05) is 41.5 Å². The van der Waals surface area contributed by atoms with Gasteiger partial charge < -0.3 is 21.0 Å². The summed E-state index contributed by atoms with van der Waals surface area (Å²) < 4.78 is 27.0. The summed E-state index contributed by atoms with van der Waals surface area (Å²) in [5.74, 6) is 0.724. The standard InChI is InChI=1S/C19H19F2N7/c20-11-5-10(12-1-3-22-15(12)6-11)9-24-19-23-4-2-17(26-19)25-18-8-16(27-28-18)13-7-14(13)21/h1-6,8,13-14,18,22,27-28H,7,9H2,(H2,23,24,25,26)/t13-,14-,18?/m0/s1. The van der Waals surface area contributed by atoms with Gasteiger partial charge in [-0.2, -0.15) is 4.98 Å². The highest BCUT2D eigenvalue weighted by Crippen LogP contribution is 2.39. The van der Waals surface area contributed by atoms with Crippen molar-refractivity contribution in [1.29, 1.82) is 0 Å². The van der Waals surface area contributed by atoms with Gasteiger partial charge in [-0.25, -0.2) is 19.2 Å². The van der Waals surface area contributed by atoms with Crippen molar-refractivity contribution < 1.29 is 8.78 Å². The van der Waals surface area contributed by atoms with Gasteiger partial charge in [0.15, 0.2) is 0 Å². The smallest absolute Gasteiger partial charge is 0.224 e. The zero-order valence-corrected chi connectivity index (χ0v) is 14.8. The van der Waals surface area contributed by atoms with Crippen LogP contribution in [0.15, 0.2) is 48.4 Å². The van der Waals surface area contributed by atoms with Gasteiger partial charge in [-0.1, -0.05) is 0 Å². The molecule has 2 aromatic heterocycles. The van der Waals surface area contributed by atoms with Gasteiger partial charge in [-0.15, -0.1) is 0 Å². The Labute approximate surface area is 159 Å². The molecular weight excluding hydrogens is 364 g/mol. The van der Waals surface area contributed by atoms with E-state index in [1.54, 1.807) is 18.5 Å². The molecule has 1 aliphatic carbocycles. The average molecular weight is 383 g/mol. The Morgan fingerprint density at radius 3 is 3.00 bits per heavy atom. The Kier molecular flexibility index (Phi) is 4.09. The van der Waals surface area contributed by atoms with E-state index in [0.29, 0.717) is 24.7 Å². The van der Waals surface area contributed by atoms with Crippen LogP contribution in [0.5, 0.6) is 0 Å². The number of H-pyrrole nitrogens is 1. The fraction of sp³-hybridized carbons (Fsp3) is 0.263. The fourth-order valence-corrected chi connectivity index (χ4v) is 3.41. The van der Waals surface area contributed by atoms with E-state index in [9.17, 15) is 8.78 Å². The maximum atomic E-state index is 13.8. The molecule has 1 aromatic carbocycles. The van der Waals surface area contributed by atoms with Gasteiger partial charge in [-0.05, 0) is 42.3 Å². The summed E-state index contributed by atoms with van der Waals surface area (Å²) >= 11 is 0. The van der Waals surface area contributed by atoms with Crippen LogP contribution >= 0.6 is 0 Å². The maximum Gasteiger partial charge on any atom is 0.224 e. The Morgan fingerprint density at radius 1 is 1.25 bits per heavy atom. The minimum Gasteiger partial charge on any atom is -0.361 e. The highest BCUT2D eigenvalue weighted by atomic mass is 19.1. The van der Waals surface area contributed by atoms with E-state index in [2.05, 4.69) is 36.4 Å². The summed E-state index contributed by atoms with van der Waals surface area (Å²) in [7, 11) is 0. The number of alkyl halides is 1. The van der Waals surface area contributed by atoms with Crippen molar-refractivity contribution in [3.8, 4) is 0 Å². The minimum absolute atomic E-state index is 0.0292. The van der Waals surface area contributed by atoms with Gasteiger partial charge in [-0.3, -0.25) is 0 Å². The Bertz CT molecular complexity index is 1050. The summed E-state index contributed by atoms with van der Waals surface area (Å²) in [6, 6.07) is 6.63. The number of rotatable bonds is 6. The van der Waals surface area contributed by atoms with Crippen LogP contribution in [0.4, 0.5) is 20.5 Å². The molecule has 3 aromatic rings. The van der Waals surface area contributed by atoms with Crippen molar-refractivity contribution in [3.63, 3.8) is 0 Å². The van der Waals surface area contributed by atoms with Gasteiger partial charge in [0.1, 0.15) is 24.0 Å². The summed E-state index contributed by atoms with van der Waals surface area (Å²) in [5, 5.41) is 7.30. The average Bonchev–Trinajstić information content (AvgIpc) is 3.07. The monoisotopic (exact) mass is 383 g/mol. The zero-order valence-electron chi connectivity index (χ0n) is 14.8. The van der Waals surface area contributed by atoms with Crippen LogP contribution in [0.2, 0.25) is 0 Å². The lowest BCUT2D eigenvalue weighted by Crippen LogP contribution is -2.37. The number of hydrazine groups is 1. The van der Waals surface area contributed by atoms with Crippen molar-refractivity contribution in [3.05, 3.63) is 59.8 Å². The van der Waals surface area contributed by atoms with Crippen molar-refractivity contribution in [2.45, 2.75) is 25.3 Å². The van der Waals surface area contributed by atoms with Crippen LogP contribution < -0.4 is 21.5 Å². The zero-order chi connectivity index (χ0) is 19.1. The van der Waals surface area contributed by atoms with E-state index in [1.165, 1.54) is 12.1 Å². The number of hydrogen-bond acceptors (Lipinski definition) is 6. The molecule has 1 fully saturated rings. The normalized spacial score (nSPS) is 23.4. The second-order valence-corrected chi connectivity index (χ2v) is 6.99. The Hall–Kier alpha value is -3.20. The van der Waals surface area contributed by atoms with Crippen LogP contribution in [0.3, 0.4) is 0 Å². The highest BCUT2D eigenvalue weighted by Gasteiger charge is 2.42. The molecule has 0 spiro atoms. The third-order valence-electron chi connectivity index (χ3n) is 4.95. The summed E-state index contributed by atoms with van der Waals surface area (Å²) in [5.41, 5.74) is 8.51. The molecule has 9 heteroatoms. The van der Waals surface area contributed by atoms with Crippen LogP contribution in [0.25, 0.3) is 10.9 Å². The van der Waals surface area contributed by atoms with E-state index in [4.69, 9.17) is 0 Å². The molecule has 144 valence electrons. The quantitative estimate of drug-likeness (QED) is 0.450. The molecule has 28 heavy (non-hydrogen) atoms. The first-order valence-corrected chi connectivity index (χ1v) is 9.12. The molecule has 3 atom stereocenters. The molecule has 0 bridgehead atoms. The topological polar surface area (TPSA) is 89.7 Å². The first kappa shape index (κ1) is 16.9. The highest BCUT2D eigenvalue weighted by molar-refractivity contribution is 5.83. The first-order chi connectivity index (χ1) is 13.7. The summed E-state index contributed by atoms with van der Waals surface area (Å²) in [6.07, 6.45) is 4.99.